The van der Waals surface area contributed by atoms with Crippen molar-refractivity contribution in [3.63, 3.8) is 0 Å². The number of benzene rings is 2. The maximum absolute atomic E-state index is 12.3. The third kappa shape index (κ3) is 10.4. The molecule has 0 bridgehead atoms. The maximum atomic E-state index is 12.3. The van der Waals surface area contributed by atoms with Crippen LogP contribution in [0, 0.1) is 12.8 Å². The van der Waals surface area contributed by atoms with Crippen LogP contribution in [-0.4, -0.2) is 113 Å². The number of anilines is 6. The number of piperazine rings is 1. The van der Waals surface area contributed by atoms with Gasteiger partial charge in [0.15, 0.2) is 5.82 Å². The van der Waals surface area contributed by atoms with E-state index in [-0.39, 0.29) is 11.0 Å². The molecule has 3 aromatic rings. The molecule has 0 spiro atoms. The van der Waals surface area contributed by atoms with Crippen LogP contribution in [0.25, 0.3) is 0 Å². The zero-order valence-corrected chi connectivity index (χ0v) is 32.3. The van der Waals surface area contributed by atoms with Crippen LogP contribution in [0.5, 0.6) is 5.75 Å². The molecule has 0 amide bonds. The summed E-state index contributed by atoms with van der Waals surface area (Å²) >= 11 is 6.47. The van der Waals surface area contributed by atoms with Crippen LogP contribution in [-0.2, 0) is 19.6 Å². The SMILES string of the molecule is COc1cc(N2CCN(CC3CCN(CC(=O)OC(C)(C)C)CC3)CC2)c(C)cc1Nc1ncc(Cl)c(Nc2ccccc2N(C)S(C)(=O)=O)n1. The Hall–Kier alpha value is -3.85. The highest BCUT2D eigenvalue weighted by molar-refractivity contribution is 7.92. The minimum atomic E-state index is -3.49. The third-order valence-corrected chi connectivity index (χ3v) is 10.7. The third-order valence-electron chi connectivity index (χ3n) is 9.21. The van der Waals surface area contributed by atoms with Gasteiger partial charge in [0, 0.05) is 51.5 Å². The average Bonchev–Trinajstić information content (AvgIpc) is 3.06. The number of halogens is 1. The minimum absolute atomic E-state index is 0.145. The Balaban J connectivity index is 1.18. The van der Waals surface area contributed by atoms with Gasteiger partial charge < -0.3 is 25.0 Å². The van der Waals surface area contributed by atoms with E-state index < -0.39 is 15.6 Å². The number of para-hydroxylation sites is 2. The van der Waals surface area contributed by atoms with Gasteiger partial charge >= 0.3 is 5.97 Å². The molecule has 0 unspecified atom stereocenters. The Kier molecular flexibility index (Phi) is 12.2. The lowest BCUT2D eigenvalue weighted by Gasteiger charge is -2.40. The number of nitrogens with zero attached hydrogens (tertiary/aromatic N) is 6. The summed E-state index contributed by atoms with van der Waals surface area (Å²) < 4.78 is 37.0. The minimum Gasteiger partial charge on any atom is -0.494 e. The second-order valence-corrected chi connectivity index (χ2v) is 16.7. The van der Waals surface area contributed by atoms with Crippen LogP contribution in [0.15, 0.2) is 42.6 Å². The van der Waals surface area contributed by atoms with E-state index in [9.17, 15) is 13.2 Å². The van der Waals surface area contributed by atoms with Gasteiger partial charge in [-0.25, -0.2) is 13.4 Å². The van der Waals surface area contributed by atoms with Crippen LogP contribution < -0.4 is 24.6 Å². The molecule has 2 fully saturated rings. The number of sulfonamides is 1. The largest absolute Gasteiger partial charge is 0.494 e. The monoisotopic (exact) mass is 742 g/mol. The highest BCUT2D eigenvalue weighted by Gasteiger charge is 2.27. The second kappa shape index (κ2) is 16.2. The molecule has 15 heteroatoms. The number of nitrogens with one attached hydrogen (secondary N) is 2. The number of hydrogen-bond acceptors (Lipinski definition) is 12. The van der Waals surface area contributed by atoms with Crippen molar-refractivity contribution in [2.45, 2.75) is 46.1 Å². The molecule has 0 aliphatic carbocycles. The number of piperidine rings is 1. The molecule has 2 aromatic carbocycles. The summed E-state index contributed by atoms with van der Waals surface area (Å²) in [5.74, 6) is 1.76. The molecule has 51 heavy (non-hydrogen) atoms. The first-order valence-corrected chi connectivity index (χ1v) is 19.5. The van der Waals surface area contributed by atoms with Gasteiger partial charge in [-0.15, -0.1) is 0 Å². The summed E-state index contributed by atoms with van der Waals surface area (Å²) in [5, 5.41) is 6.72. The fourth-order valence-electron chi connectivity index (χ4n) is 6.50. The molecule has 2 N–H and O–H groups in total. The average molecular weight is 743 g/mol. The Morgan fingerprint density at radius 1 is 1.02 bits per heavy atom. The van der Waals surface area contributed by atoms with Crippen molar-refractivity contribution < 1.29 is 22.7 Å². The second-order valence-electron chi connectivity index (χ2n) is 14.3. The van der Waals surface area contributed by atoms with Gasteiger partial charge in [-0.1, -0.05) is 23.7 Å². The molecule has 0 saturated carbocycles. The Bertz CT molecular complexity index is 1790. The highest BCUT2D eigenvalue weighted by Crippen LogP contribution is 2.36. The molecule has 0 atom stereocenters. The molecule has 2 aliphatic heterocycles. The topological polar surface area (TPSA) is 132 Å². The fourth-order valence-corrected chi connectivity index (χ4v) is 7.15. The van der Waals surface area contributed by atoms with Gasteiger partial charge in [0.1, 0.15) is 16.4 Å². The number of aromatic nitrogens is 2. The summed E-state index contributed by atoms with van der Waals surface area (Å²) in [4.78, 5) is 28.4. The van der Waals surface area contributed by atoms with Gasteiger partial charge in [-0.2, -0.15) is 4.98 Å². The first kappa shape index (κ1) is 38.4. The van der Waals surface area contributed by atoms with Crippen molar-refractivity contribution in [2.24, 2.45) is 5.92 Å². The molecule has 2 aliphatic rings. The lowest BCUT2D eigenvalue weighted by atomic mass is 9.96. The van der Waals surface area contributed by atoms with E-state index in [0.717, 1.165) is 76.2 Å². The first-order valence-electron chi connectivity index (χ1n) is 17.3. The number of esters is 1. The van der Waals surface area contributed by atoms with Crippen molar-refractivity contribution in [2.75, 3.05) is 92.6 Å². The number of aryl methyl sites for hydroxylation is 1. The van der Waals surface area contributed by atoms with Crippen molar-refractivity contribution in [1.82, 2.24) is 19.8 Å². The van der Waals surface area contributed by atoms with Crippen LogP contribution >= 0.6 is 11.6 Å². The molecular formula is C36H51ClN8O5S. The van der Waals surface area contributed by atoms with E-state index in [1.54, 1.807) is 31.4 Å². The zero-order valence-electron chi connectivity index (χ0n) is 30.7. The van der Waals surface area contributed by atoms with Gasteiger partial charge in [0.25, 0.3) is 0 Å². The number of likely N-dealkylation sites (tertiary alicyclic amines) is 1. The number of ether oxygens (including phenoxy) is 2. The molecule has 1 aromatic heterocycles. The molecule has 3 heterocycles. The van der Waals surface area contributed by atoms with E-state index in [0.29, 0.717) is 47.0 Å². The van der Waals surface area contributed by atoms with Gasteiger partial charge in [0.05, 0.1) is 43.2 Å². The van der Waals surface area contributed by atoms with Crippen LogP contribution in [0.1, 0.15) is 39.2 Å². The lowest BCUT2D eigenvalue weighted by molar-refractivity contribution is -0.156. The molecular weight excluding hydrogens is 692 g/mol. The Morgan fingerprint density at radius 2 is 1.71 bits per heavy atom. The molecule has 2 saturated heterocycles. The summed E-state index contributed by atoms with van der Waals surface area (Å²) in [7, 11) is -0.358. The van der Waals surface area contributed by atoms with E-state index >= 15 is 0 Å². The van der Waals surface area contributed by atoms with E-state index in [1.165, 1.54) is 17.5 Å². The Labute approximate surface area is 307 Å². The van der Waals surface area contributed by atoms with Gasteiger partial charge in [-0.05, 0) is 83.3 Å². The van der Waals surface area contributed by atoms with Crippen molar-refractivity contribution in [3.05, 3.63) is 53.2 Å². The highest BCUT2D eigenvalue weighted by atomic mass is 35.5. The predicted molar refractivity (Wildman–Crippen MR) is 205 cm³/mol. The molecule has 0 radical (unpaired) electrons. The number of hydrogen-bond donors (Lipinski definition) is 2. The lowest BCUT2D eigenvalue weighted by Crippen LogP contribution is -2.49. The normalized spacial score (nSPS) is 16.5. The summed E-state index contributed by atoms with van der Waals surface area (Å²) in [6.45, 7) is 14.9. The molecule has 13 nitrogen and oxygen atoms in total. The fraction of sp³-hybridized carbons (Fsp3) is 0.528. The summed E-state index contributed by atoms with van der Waals surface area (Å²) in [6, 6.07) is 11.1. The van der Waals surface area contributed by atoms with Crippen molar-refractivity contribution in [1.29, 1.82) is 0 Å². The number of carbonyl (C=O) groups is 1. The molecule has 278 valence electrons. The standard InChI is InChI=1S/C36H51ClN8O5S/c1-25-20-29(40-35-38-22-27(37)34(41-35)39-28-10-8-9-11-30(28)42(5)51(7,47)48)32(49-6)21-31(25)45-18-16-44(17-19-45)23-26-12-14-43(15-13-26)24-33(46)50-36(2,3)4/h8-11,20-22,26H,12-19,23-24H2,1-7H3,(H2,38,39,40,41). The number of carbonyl (C=O) groups excluding carboxylic acids is 1. The molecule has 5 rings (SSSR count). The van der Waals surface area contributed by atoms with Crippen LogP contribution in [0.4, 0.5) is 34.5 Å². The predicted octanol–water partition coefficient (Wildman–Crippen LogP) is 5.51. The maximum Gasteiger partial charge on any atom is 0.320 e. The number of methoxy groups -OCH3 is 1. The van der Waals surface area contributed by atoms with Crippen molar-refractivity contribution in [3.8, 4) is 5.75 Å². The van der Waals surface area contributed by atoms with Crippen LogP contribution in [0.2, 0.25) is 5.02 Å². The van der Waals surface area contributed by atoms with Crippen molar-refractivity contribution >= 4 is 62.1 Å². The zero-order chi connectivity index (χ0) is 36.9. The van der Waals surface area contributed by atoms with Gasteiger partial charge in [0.2, 0.25) is 16.0 Å². The first-order chi connectivity index (χ1) is 24.1. The quantitative estimate of drug-likeness (QED) is 0.227. The smallest absolute Gasteiger partial charge is 0.320 e. The summed E-state index contributed by atoms with van der Waals surface area (Å²) in [6.07, 6.45) is 4.82. The number of rotatable bonds is 12. The van der Waals surface area contributed by atoms with E-state index in [2.05, 4.69) is 48.3 Å². The van der Waals surface area contributed by atoms with Crippen LogP contribution in [0.3, 0.4) is 0 Å². The summed E-state index contributed by atoms with van der Waals surface area (Å²) in [5.41, 5.74) is 3.45. The van der Waals surface area contributed by atoms with Gasteiger partial charge in [-0.3, -0.25) is 18.9 Å². The van der Waals surface area contributed by atoms with E-state index in [4.69, 9.17) is 21.1 Å². The van der Waals surface area contributed by atoms with E-state index in [1.807, 2.05) is 26.8 Å². The Morgan fingerprint density at radius 3 is 2.35 bits per heavy atom.